The molecule has 0 rings (SSSR count). The highest BCUT2D eigenvalue weighted by Crippen LogP contribution is 2.04. The SMILES string of the molecule is C=CC(=O)OCCCCCCC(=O)OCCOCCCCOCC. The van der Waals surface area contributed by atoms with Gasteiger partial charge in [-0.25, -0.2) is 4.79 Å². The van der Waals surface area contributed by atoms with E-state index < -0.39 is 5.97 Å². The van der Waals surface area contributed by atoms with Gasteiger partial charge in [0.25, 0.3) is 0 Å². The largest absolute Gasteiger partial charge is 0.463 e. The van der Waals surface area contributed by atoms with E-state index in [1.54, 1.807) is 0 Å². The van der Waals surface area contributed by atoms with Crippen molar-refractivity contribution in [3.05, 3.63) is 12.7 Å². The van der Waals surface area contributed by atoms with E-state index in [2.05, 4.69) is 6.58 Å². The standard InChI is InChI=1S/C18H32O6/c1-3-17(19)23-14-8-6-5-7-11-18(20)24-16-15-22-13-10-9-12-21-4-2/h3H,1,4-16H2,2H3. The summed E-state index contributed by atoms with van der Waals surface area (Å²) in [6.45, 7) is 8.64. The molecule has 0 N–H and O–H groups in total. The molecule has 24 heavy (non-hydrogen) atoms. The van der Waals surface area contributed by atoms with Crippen LogP contribution in [0.4, 0.5) is 0 Å². The van der Waals surface area contributed by atoms with Crippen LogP contribution < -0.4 is 0 Å². The molecule has 0 atom stereocenters. The first-order valence-electron chi connectivity index (χ1n) is 8.81. The summed E-state index contributed by atoms with van der Waals surface area (Å²) in [6, 6.07) is 0. The Labute approximate surface area is 145 Å². The summed E-state index contributed by atoms with van der Waals surface area (Å²) in [5.41, 5.74) is 0. The fourth-order valence-corrected chi connectivity index (χ4v) is 1.90. The van der Waals surface area contributed by atoms with Gasteiger partial charge in [0.1, 0.15) is 6.61 Å². The number of esters is 2. The lowest BCUT2D eigenvalue weighted by molar-refractivity contribution is -0.145. The summed E-state index contributed by atoms with van der Waals surface area (Å²) >= 11 is 0. The van der Waals surface area contributed by atoms with Crippen LogP contribution in [0.3, 0.4) is 0 Å². The first-order chi connectivity index (χ1) is 11.7. The van der Waals surface area contributed by atoms with Crippen LogP contribution >= 0.6 is 0 Å². The van der Waals surface area contributed by atoms with E-state index in [0.29, 0.717) is 32.8 Å². The second-order valence-corrected chi connectivity index (χ2v) is 5.27. The lowest BCUT2D eigenvalue weighted by Gasteiger charge is -2.06. The average Bonchev–Trinajstić information content (AvgIpc) is 2.59. The maximum Gasteiger partial charge on any atom is 0.330 e. The summed E-state index contributed by atoms with van der Waals surface area (Å²) in [4.78, 5) is 22.3. The topological polar surface area (TPSA) is 71.1 Å². The number of unbranched alkanes of at least 4 members (excludes halogenated alkanes) is 4. The monoisotopic (exact) mass is 344 g/mol. The molecule has 0 amide bonds. The highest BCUT2D eigenvalue weighted by Gasteiger charge is 2.03. The summed E-state index contributed by atoms with van der Waals surface area (Å²) in [6.07, 6.45) is 6.93. The Bertz CT molecular complexity index is 329. The smallest absolute Gasteiger partial charge is 0.330 e. The molecule has 140 valence electrons. The van der Waals surface area contributed by atoms with Crippen LogP contribution in [0.1, 0.15) is 51.9 Å². The van der Waals surface area contributed by atoms with E-state index in [9.17, 15) is 9.59 Å². The van der Waals surface area contributed by atoms with Crippen LogP contribution in [0.2, 0.25) is 0 Å². The van der Waals surface area contributed by atoms with Gasteiger partial charge in [0.2, 0.25) is 0 Å². The molecule has 0 aromatic heterocycles. The Balaban J connectivity index is 3.21. The van der Waals surface area contributed by atoms with Crippen molar-refractivity contribution < 1.29 is 28.5 Å². The lowest BCUT2D eigenvalue weighted by atomic mass is 10.1. The van der Waals surface area contributed by atoms with Gasteiger partial charge in [0.15, 0.2) is 0 Å². The third kappa shape index (κ3) is 17.0. The molecular weight excluding hydrogens is 312 g/mol. The molecule has 0 aliphatic carbocycles. The highest BCUT2D eigenvalue weighted by atomic mass is 16.6. The van der Waals surface area contributed by atoms with Gasteiger partial charge in [-0.2, -0.15) is 0 Å². The van der Waals surface area contributed by atoms with E-state index >= 15 is 0 Å². The van der Waals surface area contributed by atoms with Crippen molar-refractivity contribution in [3.8, 4) is 0 Å². The quantitative estimate of drug-likeness (QED) is 0.229. The average molecular weight is 344 g/mol. The van der Waals surface area contributed by atoms with Gasteiger partial charge in [0, 0.05) is 32.3 Å². The predicted octanol–water partition coefficient (Wildman–Crippen LogP) is 3.04. The molecule has 0 spiro atoms. The van der Waals surface area contributed by atoms with Crippen LogP contribution in [0.5, 0.6) is 0 Å². The van der Waals surface area contributed by atoms with Gasteiger partial charge in [-0.3, -0.25) is 4.79 Å². The predicted molar refractivity (Wildman–Crippen MR) is 91.7 cm³/mol. The van der Waals surface area contributed by atoms with Gasteiger partial charge in [-0.15, -0.1) is 0 Å². The molecule has 0 aliphatic heterocycles. The van der Waals surface area contributed by atoms with Crippen molar-refractivity contribution in [2.24, 2.45) is 0 Å². The van der Waals surface area contributed by atoms with Crippen molar-refractivity contribution in [3.63, 3.8) is 0 Å². The molecule has 0 bridgehead atoms. The zero-order valence-corrected chi connectivity index (χ0v) is 14.9. The van der Waals surface area contributed by atoms with Crippen LogP contribution in [0.15, 0.2) is 12.7 Å². The Morgan fingerprint density at radius 3 is 2.17 bits per heavy atom. The fraction of sp³-hybridized carbons (Fsp3) is 0.778. The number of ether oxygens (including phenoxy) is 4. The molecule has 0 unspecified atom stereocenters. The summed E-state index contributed by atoms with van der Waals surface area (Å²) in [5, 5.41) is 0. The van der Waals surface area contributed by atoms with Gasteiger partial charge in [-0.1, -0.05) is 19.4 Å². The van der Waals surface area contributed by atoms with E-state index in [4.69, 9.17) is 18.9 Å². The Morgan fingerprint density at radius 1 is 0.792 bits per heavy atom. The normalized spacial score (nSPS) is 10.4. The zero-order chi connectivity index (χ0) is 17.9. The maximum atomic E-state index is 11.5. The molecule has 0 aromatic carbocycles. The van der Waals surface area contributed by atoms with Gasteiger partial charge in [-0.05, 0) is 32.6 Å². The van der Waals surface area contributed by atoms with E-state index in [1.807, 2.05) is 6.92 Å². The molecule has 6 nitrogen and oxygen atoms in total. The first kappa shape index (κ1) is 22.6. The van der Waals surface area contributed by atoms with Crippen LogP contribution in [0, 0.1) is 0 Å². The molecule has 0 aromatic rings. The molecule has 0 fully saturated rings. The van der Waals surface area contributed by atoms with Crippen molar-refractivity contribution >= 4 is 11.9 Å². The highest BCUT2D eigenvalue weighted by molar-refractivity contribution is 5.81. The van der Waals surface area contributed by atoms with Gasteiger partial charge < -0.3 is 18.9 Å². The Morgan fingerprint density at radius 2 is 1.46 bits per heavy atom. The van der Waals surface area contributed by atoms with Gasteiger partial charge in [0.05, 0.1) is 13.2 Å². The summed E-state index contributed by atoms with van der Waals surface area (Å²) in [5.74, 6) is -0.580. The number of carbonyl (C=O) groups is 2. The second kappa shape index (κ2) is 17.9. The first-order valence-corrected chi connectivity index (χ1v) is 8.81. The van der Waals surface area contributed by atoms with Crippen molar-refractivity contribution in [2.75, 3.05) is 39.6 Å². The van der Waals surface area contributed by atoms with Crippen LogP contribution in [0.25, 0.3) is 0 Å². The zero-order valence-electron chi connectivity index (χ0n) is 14.9. The third-order valence-corrected chi connectivity index (χ3v) is 3.21. The molecule has 0 aliphatic rings. The minimum Gasteiger partial charge on any atom is -0.463 e. The molecule has 0 radical (unpaired) electrons. The minimum absolute atomic E-state index is 0.187. The molecule has 0 saturated carbocycles. The molecule has 0 saturated heterocycles. The fourth-order valence-electron chi connectivity index (χ4n) is 1.90. The number of hydrogen-bond donors (Lipinski definition) is 0. The Kier molecular flexibility index (Phi) is 16.9. The summed E-state index contributed by atoms with van der Waals surface area (Å²) < 4.78 is 20.6. The summed E-state index contributed by atoms with van der Waals surface area (Å²) in [7, 11) is 0. The minimum atomic E-state index is -0.393. The van der Waals surface area contributed by atoms with Gasteiger partial charge >= 0.3 is 11.9 Å². The second-order valence-electron chi connectivity index (χ2n) is 5.27. The van der Waals surface area contributed by atoms with Crippen molar-refractivity contribution in [2.45, 2.75) is 51.9 Å². The number of carbonyl (C=O) groups excluding carboxylic acids is 2. The third-order valence-electron chi connectivity index (χ3n) is 3.21. The molecular formula is C18H32O6. The molecule has 6 heteroatoms. The van der Waals surface area contributed by atoms with E-state index in [1.165, 1.54) is 0 Å². The van der Waals surface area contributed by atoms with Crippen LogP contribution in [-0.2, 0) is 28.5 Å². The van der Waals surface area contributed by atoms with Crippen LogP contribution in [-0.4, -0.2) is 51.6 Å². The van der Waals surface area contributed by atoms with Crippen molar-refractivity contribution in [1.82, 2.24) is 0 Å². The number of rotatable bonds is 17. The van der Waals surface area contributed by atoms with Crippen molar-refractivity contribution in [1.29, 1.82) is 0 Å². The Hall–Kier alpha value is -1.40. The van der Waals surface area contributed by atoms with E-state index in [-0.39, 0.29) is 5.97 Å². The van der Waals surface area contributed by atoms with E-state index in [0.717, 1.165) is 57.8 Å². The molecule has 0 heterocycles. The number of hydrogen-bond acceptors (Lipinski definition) is 6. The lowest BCUT2D eigenvalue weighted by Crippen LogP contribution is -2.11. The maximum absolute atomic E-state index is 11.5.